The van der Waals surface area contributed by atoms with Crippen molar-refractivity contribution in [1.82, 2.24) is 0 Å². The van der Waals surface area contributed by atoms with E-state index in [1.165, 1.54) is 24.8 Å². The second-order valence-electron chi connectivity index (χ2n) is 6.74. The van der Waals surface area contributed by atoms with Gasteiger partial charge in [-0.15, -0.1) is 0 Å². The second kappa shape index (κ2) is 5.98. The highest BCUT2D eigenvalue weighted by molar-refractivity contribution is 5.81. The molecular formula is C17H28O3. The second-order valence-corrected chi connectivity index (χ2v) is 6.74. The smallest absolute Gasteiger partial charge is 0.166 e. The summed E-state index contributed by atoms with van der Waals surface area (Å²) in [5.41, 5.74) is 1.57. The molecule has 20 heavy (non-hydrogen) atoms. The molecule has 1 unspecified atom stereocenters. The molecule has 4 atom stereocenters. The number of hydrogen-bond acceptors (Lipinski definition) is 3. The third-order valence-corrected chi connectivity index (χ3v) is 5.83. The van der Waals surface area contributed by atoms with Gasteiger partial charge in [-0.05, 0) is 42.9 Å². The quantitative estimate of drug-likeness (QED) is 0.528. The van der Waals surface area contributed by atoms with Crippen LogP contribution in [0.25, 0.3) is 0 Å². The van der Waals surface area contributed by atoms with E-state index in [1.807, 2.05) is 6.92 Å². The number of allylic oxidation sites excluding steroid dienone is 1. The maximum Gasteiger partial charge on any atom is 0.166 e. The number of ketones is 1. The maximum absolute atomic E-state index is 12.3. The number of Topliss-reactive ketones (excluding diaryl/α,β-unsaturated/α-hetero) is 1. The minimum absolute atomic E-state index is 0.175. The van der Waals surface area contributed by atoms with E-state index >= 15 is 0 Å². The van der Waals surface area contributed by atoms with E-state index in [2.05, 4.69) is 13.5 Å². The average Bonchev–Trinajstić information content (AvgIpc) is 3.01. The molecule has 2 fully saturated rings. The van der Waals surface area contributed by atoms with E-state index in [4.69, 9.17) is 9.47 Å². The zero-order chi connectivity index (χ0) is 14.9. The molecule has 0 heterocycles. The predicted molar refractivity (Wildman–Crippen MR) is 79.3 cm³/mol. The molecule has 0 aliphatic heterocycles. The number of carbonyl (C=O) groups excluding carboxylic acids is 1. The molecule has 0 spiro atoms. The molecule has 2 aliphatic rings. The lowest BCUT2D eigenvalue weighted by Gasteiger charge is -2.36. The molecule has 3 nitrogen and oxygen atoms in total. The Kier molecular flexibility index (Phi) is 4.70. The lowest BCUT2D eigenvalue weighted by atomic mass is 9.68. The standard InChI is InChI=1S/C17H28O3/c1-11(16(19-4)20-5)15(18)8-9-17(3)12(2)13-6-7-14(17)10-13/h11,13-14,16H,2,6-10H2,1,3-5H3/t11?,13-,14+,17+/m1/s1. The molecule has 0 saturated heterocycles. The predicted octanol–water partition coefficient (Wildman–Crippen LogP) is 3.58. The first-order chi connectivity index (χ1) is 9.43. The number of fused-ring (bicyclic) bond motifs is 2. The Morgan fingerprint density at radius 3 is 2.55 bits per heavy atom. The average molecular weight is 280 g/mol. The van der Waals surface area contributed by atoms with Crippen molar-refractivity contribution in [1.29, 1.82) is 0 Å². The highest BCUT2D eigenvalue weighted by atomic mass is 16.7. The van der Waals surface area contributed by atoms with Crippen molar-refractivity contribution in [3.05, 3.63) is 12.2 Å². The van der Waals surface area contributed by atoms with Gasteiger partial charge in [0.1, 0.15) is 5.78 Å². The topological polar surface area (TPSA) is 35.5 Å². The van der Waals surface area contributed by atoms with Gasteiger partial charge < -0.3 is 9.47 Å². The van der Waals surface area contributed by atoms with Crippen LogP contribution in [0.3, 0.4) is 0 Å². The summed E-state index contributed by atoms with van der Waals surface area (Å²) in [5.74, 6) is 1.47. The molecule has 2 aliphatic carbocycles. The normalized spacial score (nSPS) is 34.0. The van der Waals surface area contributed by atoms with Crippen LogP contribution in [0.1, 0.15) is 46.0 Å². The SMILES string of the molecule is C=C1[C@@H]2CC[C@@H](C2)[C@@]1(C)CCC(=O)C(C)C(OC)OC. The summed E-state index contributed by atoms with van der Waals surface area (Å²) < 4.78 is 10.4. The van der Waals surface area contributed by atoms with E-state index < -0.39 is 6.29 Å². The summed E-state index contributed by atoms with van der Waals surface area (Å²) in [6.45, 7) is 8.51. The van der Waals surface area contributed by atoms with Crippen LogP contribution in [0.4, 0.5) is 0 Å². The van der Waals surface area contributed by atoms with Crippen LogP contribution in [0.2, 0.25) is 0 Å². The van der Waals surface area contributed by atoms with E-state index in [9.17, 15) is 4.79 Å². The Bertz CT molecular complexity index is 386. The van der Waals surface area contributed by atoms with Crippen LogP contribution < -0.4 is 0 Å². The Morgan fingerprint density at radius 2 is 2.05 bits per heavy atom. The molecule has 0 amide bonds. The fourth-order valence-electron chi connectivity index (χ4n) is 4.24. The molecule has 0 aromatic heterocycles. The summed E-state index contributed by atoms with van der Waals surface area (Å²) in [6.07, 6.45) is 5.00. The lowest BCUT2D eigenvalue weighted by Crippen LogP contribution is -2.32. The zero-order valence-electron chi connectivity index (χ0n) is 13.3. The largest absolute Gasteiger partial charge is 0.355 e. The van der Waals surface area contributed by atoms with Gasteiger partial charge in [-0.3, -0.25) is 4.79 Å². The van der Waals surface area contributed by atoms with Crippen LogP contribution >= 0.6 is 0 Å². The van der Waals surface area contributed by atoms with Gasteiger partial charge in [0, 0.05) is 20.6 Å². The molecule has 2 saturated carbocycles. The van der Waals surface area contributed by atoms with Gasteiger partial charge in [0.2, 0.25) is 0 Å². The summed E-state index contributed by atoms with van der Waals surface area (Å²) in [4.78, 5) is 12.3. The highest BCUT2D eigenvalue weighted by Gasteiger charge is 2.50. The first-order valence-corrected chi connectivity index (χ1v) is 7.71. The van der Waals surface area contributed by atoms with Crippen molar-refractivity contribution < 1.29 is 14.3 Å². The lowest BCUT2D eigenvalue weighted by molar-refractivity contribution is -0.154. The number of methoxy groups -OCH3 is 2. The number of rotatable bonds is 7. The number of hydrogen-bond donors (Lipinski definition) is 0. The van der Waals surface area contributed by atoms with Crippen LogP contribution in [0, 0.1) is 23.2 Å². The molecule has 0 N–H and O–H groups in total. The Balaban J connectivity index is 1.92. The minimum atomic E-state index is -0.432. The number of carbonyl (C=O) groups is 1. The fraction of sp³-hybridized carbons (Fsp3) is 0.824. The molecule has 3 heteroatoms. The van der Waals surface area contributed by atoms with Gasteiger partial charge in [-0.2, -0.15) is 0 Å². The highest BCUT2D eigenvalue weighted by Crippen LogP contribution is 2.60. The number of ether oxygens (including phenoxy) is 2. The van der Waals surface area contributed by atoms with Crippen molar-refractivity contribution in [2.24, 2.45) is 23.2 Å². The monoisotopic (exact) mass is 280 g/mol. The zero-order valence-corrected chi connectivity index (χ0v) is 13.3. The van der Waals surface area contributed by atoms with E-state index in [0.717, 1.165) is 12.3 Å². The minimum Gasteiger partial charge on any atom is -0.355 e. The third kappa shape index (κ3) is 2.58. The summed E-state index contributed by atoms with van der Waals surface area (Å²) in [7, 11) is 3.16. The van der Waals surface area contributed by atoms with Crippen molar-refractivity contribution in [2.45, 2.75) is 52.2 Å². The van der Waals surface area contributed by atoms with Gasteiger partial charge in [0.25, 0.3) is 0 Å². The van der Waals surface area contributed by atoms with E-state index in [-0.39, 0.29) is 17.1 Å². The van der Waals surface area contributed by atoms with Crippen molar-refractivity contribution in [3.63, 3.8) is 0 Å². The molecular weight excluding hydrogens is 252 g/mol. The summed E-state index contributed by atoms with van der Waals surface area (Å²) >= 11 is 0. The first kappa shape index (κ1) is 15.7. The Labute approximate surface area is 122 Å². The van der Waals surface area contributed by atoms with Gasteiger partial charge in [-0.25, -0.2) is 0 Å². The summed E-state index contributed by atoms with van der Waals surface area (Å²) in [6, 6.07) is 0. The molecule has 0 aromatic carbocycles. The molecule has 2 rings (SSSR count). The van der Waals surface area contributed by atoms with Gasteiger partial charge in [0.05, 0.1) is 5.92 Å². The maximum atomic E-state index is 12.3. The molecule has 114 valence electrons. The fourth-order valence-corrected chi connectivity index (χ4v) is 4.24. The van der Waals surface area contributed by atoms with Crippen molar-refractivity contribution in [3.8, 4) is 0 Å². The van der Waals surface area contributed by atoms with Gasteiger partial charge in [0.15, 0.2) is 6.29 Å². The van der Waals surface area contributed by atoms with Crippen molar-refractivity contribution in [2.75, 3.05) is 14.2 Å². The molecule has 2 bridgehead atoms. The molecule has 0 aromatic rings. The van der Waals surface area contributed by atoms with Crippen LogP contribution in [0.15, 0.2) is 12.2 Å². The third-order valence-electron chi connectivity index (χ3n) is 5.83. The first-order valence-electron chi connectivity index (χ1n) is 7.71. The van der Waals surface area contributed by atoms with Crippen LogP contribution in [-0.2, 0) is 14.3 Å². The Morgan fingerprint density at radius 1 is 1.40 bits per heavy atom. The van der Waals surface area contributed by atoms with Gasteiger partial charge >= 0.3 is 0 Å². The Hall–Kier alpha value is -0.670. The van der Waals surface area contributed by atoms with Crippen molar-refractivity contribution >= 4 is 5.78 Å². The van der Waals surface area contributed by atoms with E-state index in [1.54, 1.807) is 14.2 Å². The summed E-state index contributed by atoms with van der Waals surface area (Å²) in [5, 5.41) is 0. The van der Waals surface area contributed by atoms with Gasteiger partial charge in [-0.1, -0.05) is 26.0 Å². The van der Waals surface area contributed by atoms with Crippen LogP contribution in [-0.4, -0.2) is 26.3 Å². The molecule has 0 radical (unpaired) electrons. The van der Waals surface area contributed by atoms with E-state index in [0.29, 0.717) is 12.3 Å². The van der Waals surface area contributed by atoms with Crippen LogP contribution in [0.5, 0.6) is 0 Å².